The zero-order chi connectivity index (χ0) is 31.0. The number of likely N-dealkylation sites (N-methyl/N-ethyl adjacent to an activating group) is 1. The van der Waals surface area contributed by atoms with Crippen LogP contribution < -0.4 is 16.4 Å². The highest BCUT2D eigenvalue weighted by Gasteiger charge is 2.33. The summed E-state index contributed by atoms with van der Waals surface area (Å²) in [4.78, 5) is 45.1. The van der Waals surface area contributed by atoms with Crippen molar-refractivity contribution >= 4 is 28.5 Å². The van der Waals surface area contributed by atoms with Crippen molar-refractivity contribution in [3.8, 4) is 0 Å². The van der Waals surface area contributed by atoms with Gasteiger partial charge in [-0.05, 0) is 48.2 Å². The second-order valence-electron chi connectivity index (χ2n) is 11.2. The zero-order valence-electron chi connectivity index (χ0n) is 24.9. The summed E-state index contributed by atoms with van der Waals surface area (Å²) in [7, 11) is 3.10. The van der Waals surface area contributed by atoms with Crippen LogP contribution in [0.3, 0.4) is 0 Å². The van der Waals surface area contributed by atoms with Crippen molar-refractivity contribution in [3.63, 3.8) is 0 Å². The minimum Gasteiger partial charge on any atom is -0.352 e. The lowest BCUT2D eigenvalue weighted by molar-refractivity contribution is -0.137. The molecule has 4 N–H and O–H groups in total. The average molecular weight is 583 g/mol. The van der Waals surface area contributed by atoms with Crippen molar-refractivity contribution in [1.82, 2.24) is 25.7 Å². The highest BCUT2D eigenvalue weighted by atomic mass is 16.5. The van der Waals surface area contributed by atoms with E-state index in [1.54, 1.807) is 13.1 Å². The molecule has 3 amide bonds. The van der Waals surface area contributed by atoms with Crippen LogP contribution in [-0.2, 0) is 22.4 Å². The topological polar surface area (TPSA) is 143 Å². The number of nitrogens with zero attached hydrogens (tertiary/aromatic N) is 3. The number of carbonyl (C=O) groups is 3. The van der Waals surface area contributed by atoms with Crippen molar-refractivity contribution in [2.24, 2.45) is 5.73 Å². The molecule has 224 valence electrons. The van der Waals surface area contributed by atoms with Crippen LogP contribution in [0, 0.1) is 0 Å². The van der Waals surface area contributed by atoms with E-state index in [4.69, 9.17) is 10.3 Å². The van der Waals surface area contributed by atoms with Crippen LogP contribution in [-0.4, -0.2) is 58.4 Å². The molecule has 10 heteroatoms. The van der Waals surface area contributed by atoms with Crippen LogP contribution in [0.15, 0.2) is 89.5 Å². The van der Waals surface area contributed by atoms with E-state index in [0.29, 0.717) is 12.8 Å². The van der Waals surface area contributed by atoms with Crippen molar-refractivity contribution < 1.29 is 18.9 Å². The Labute approximate surface area is 251 Å². The highest BCUT2D eigenvalue weighted by Crippen LogP contribution is 2.25. The molecule has 0 radical (unpaired) electrons. The summed E-state index contributed by atoms with van der Waals surface area (Å²) < 4.78 is 5.48. The Morgan fingerprint density at radius 3 is 2.37 bits per heavy atom. The van der Waals surface area contributed by atoms with E-state index in [2.05, 4.69) is 20.8 Å². The van der Waals surface area contributed by atoms with E-state index in [1.165, 1.54) is 18.0 Å². The predicted octanol–water partition coefficient (Wildman–Crippen LogP) is 3.74. The number of nitrogens with one attached hydrogen (secondary N) is 2. The Hall–Kier alpha value is -4.83. The highest BCUT2D eigenvalue weighted by molar-refractivity contribution is 5.93. The quantitative estimate of drug-likeness (QED) is 0.216. The molecule has 1 aromatic heterocycles. The van der Waals surface area contributed by atoms with Gasteiger partial charge in [-0.25, -0.2) is 0 Å². The van der Waals surface area contributed by atoms with Crippen molar-refractivity contribution in [1.29, 1.82) is 0 Å². The van der Waals surface area contributed by atoms with Gasteiger partial charge in [0.2, 0.25) is 17.7 Å². The number of rotatable bonds is 12. The van der Waals surface area contributed by atoms with E-state index in [-0.39, 0.29) is 24.0 Å². The molecule has 0 bridgehead atoms. The molecule has 0 fully saturated rings. The minimum absolute atomic E-state index is 0.110. The lowest BCUT2D eigenvalue weighted by Gasteiger charge is -2.30. The molecule has 1 heterocycles. The van der Waals surface area contributed by atoms with Crippen LogP contribution in [0.5, 0.6) is 0 Å². The summed E-state index contributed by atoms with van der Waals surface area (Å²) in [5.41, 5.74) is 7.39. The van der Waals surface area contributed by atoms with E-state index in [0.717, 1.165) is 21.9 Å². The first-order valence-corrected chi connectivity index (χ1v) is 14.1. The van der Waals surface area contributed by atoms with E-state index in [9.17, 15) is 14.4 Å². The minimum atomic E-state index is -0.909. The molecule has 0 spiro atoms. The van der Waals surface area contributed by atoms with E-state index in [1.807, 2.05) is 86.6 Å². The number of nitrogens with two attached hydrogens (primary N) is 1. The Bertz CT molecular complexity index is 1590. The molecule has 0 aliphatic rings. The molecule has 10 nitrogen and oxygen atoms in total. The van der Waals surface area contributed by atoms with E-state index >= 15 is 0 Å². The predicted molar refractivity (Wildman–Crippen MR) is 165 cm³/mol. The molecule has 0 aliphatic heterocycles. The first-order valence-electron chi connectivity index (χ1n) is 14.1. The number of fused-ring (bicyclic) bond motifs is 1. The van der Waals surface area contributed by atoms with E-state index < -0.39 is 29.4 Å². The molecule has 2 unspecified atom stereocenters. The standard InChI is InChI=1S/C33H38N6O4/c1-33(2,34)18-10-15-28(40)36-26(20-23-16-17-24-13-8-9-14-25(24)19-23)32(42)39(4)27(21-22-11-6-5-7-12-22)31-37-29(38-43-31)30(41)35-3/h5-17,19,26-27H,18,20-21,34H2,1-4H3,(H,35,41)(H,36,40). The van der Waals surface area contributed by atoms with Crippen LogP contribution in [0.4, 0.5) is 0 Å². The fourth-order valence-corrected chi connectivity index (χ4v) is 4.69. The molecule has 0 saturated heterocycles. The second-order valence-corrected chi connectivity index (χ2v) is 11.2. The summed E-state index contributed by atoms with van der Waals surface area (Å²) >= 11 is 0. The Kier molecular flexibility index (Phi) is 10.0. The number of benzene rings is 3. The van der Waals surface area contributed by atoms with Gasteiger partial charge in [0.25, 0.3) is 11.7 Å². The molecular formula is C33H38N6O4. The summed E-state index contributed by atoms with van der Waals surface area (Å²) in [6.07, 6.45) is 4.20. The monoisotopic (exact) mass is 582 g/mol. The van der Waals surface area contributed by atoms with Crippen LogP contribution in [0.25, 0.3) is 10.8 Å². The number of amides is 3. The Morgan fingerprint density at radius 1 is 0.977 bits per heavy atom. The fourth-order valence-electron chi connectivity index (χ4n) is 4.69. The zero-order valence-corrected chi connectivity index (χ0v) is 24.9. The van der Waals surface area contributed by atoms with Gasteiger partial charge in [0.05, 0.1) is 0 Å². The third-order valence-electron chi connectivity index (χ3n) is 7.03. The maximum absolute atomic E-state index is 14.2. The summed E-state index contributed by atoms with van der Waals surface area (Å²) in [6, 6.07) is 21.9. The number of carbonyl (C=O) groups excluding carboxylic acids is 3. The van der Waals surface area contributed by atoms with Gasteiger partial charge < -0.3 is 25.8 Å². The molecule has 3 aromatic carbocycles. The van der Waals surface area contributed by atoms with Gasteiger partial charge in [0, 0.05) is 32.5 Å². The van der Waals surface area contributed by atoms with Crippen LogP contribution in [0.2, 0.25) is 0 Å². The first kappa shape index (κ1) is 31.1. The average Bonchev–Trinajstić information content (AvgIpc) is 3.48. The van der Waals surface area contributed by atoms with Gasteiger partial charge in [0.15, 0.2) is 0 Å². The SMILES string of the molecule is CNC(=O)c1noc(C(Cc2ccccc2)N(C)C(=O)C(Cc2ccc3ccccc3c2)NC(=O)C=CCC(C)(C)N)n1. The lowest BCUT2D eigenvalue weighted by Crippen LogP contribution is -2.49. The molecule has 4 rings (SSSR count). The van der Waals surface area contributed by atoms with Crippen molar-refractivity contribution in [3.05, 3.63) is 108 Å². The normalized spacial score (nSPS) is 13.0. The van der Waals surface area contributed by atoms with Gasteiger partial charge in [-0.1, -0.05) is 84.0 Å². The summed E-state index contributed by atoms with van der Waals surface area (Å²) in [5.74, 6) is -1.29. The van der Waals surface area contributed by atoms with Gasteiger partial charge >= 0.3 is 0 Å². The summed E-state index contributed by atoms with van der Waals surface area (Å²) in [5, 5.41) is 11.3. The van der Waals surface area contributed by atoms with Crippen molar-refractivity contribution in [2.45, 2.75) is 50.7 Å². The molecule has 2 atom stereocenters. The van der Waals surface area contributed by atoms with Crippen LogP contribution >= 0.6 is 0 Å². The number of aromatic nitrogens is 2. The molecule has 43 heavy (non-hydrogen) atoms. The molecule has 0 aliphatic carbocycles. The largest absolute Gasteiger partial charge is 0.352 e. The molecular weight excluding hydrogens is 544 g/mol. The lowest BCUT2D eigenvalue weighted by atomic mass is 9.99. The second kappa shape index (κ2) is 13.9. The Balaban J connectivity index is 1.65. The Morgan fingerprint density at radius 2 is 1.67 bits per heavy atom. The fraction of sp³-hybridized carbons (Fsp3) is 0.303. The number of hydrogen-bond acceptors (Lipinski definition) is 7. The van der Waals surface area contributed by atoms with Gasteiger partial charge in [-0.3, -0.25) is 14.4 Å². The first-order chi connectivity index (χ1) is 20.5. The third kappa shape index (κ3) is 8.59. The third-order valence-corrected chi connectivity index (χ3v) is 7.03. The van der Waals surface area contributed by atoms with Gasteiger partial charge in [0.1, 0.15) is 12.1 Å². The smallest absolute Gasteiger partial charge is 0.292 e. The molecule has 4 aromatic rings. The maximum Gasteiger partial charge on any atom is 0.292 e. The number of hydrogen-bond donors (Lipinski definition) is 3. The molecule has 0 saturated carbocycles. The maximum atomic E-state index is 14.2. The van der Waals surface area contributed by atoms with Gasteiger partial charge in [-0.2, -0.15) is 4.98 Å². The van der Waals surface area contributed by atoms with Crippen molar-refractivity contribution in [2.75, 3.05) is 14.1 Å². The summed E-state index contributed by atoms with van der Waals surface area (Å²) in [6.45, 7) is 3.74. The van der Waals surface area contributed by atoms with Crippen LogP contribution in [0.1, 0.15) is 53.9 Å². The van der Waals surface area contributed by atoms with Gasteiger partial charge in [-0.15, -0.1) is 0 Å².